The molecule has 1 fully saturated rings. The number of hydrogen-bond acceptors (Lipinski definition) is 1. The van der Waals surface area contributed by atoms with Gasteiger partial charge in [0.1, 0.15) is 0 Å². The molecule has 18 heavy (non-hydrogen) atoms. The van der Waals surface area contributed by atoms with Gasteiger partial charge in [0.05, 0.1) is 0 Å². The van der Waals surface area contributed by atoms with Crippen molar-refractivity contribution in [3.05, 3.63) is 35.4 Å². The summed E-state index contributed by atoms with van der Waals surface area (Å²) in [7, 11) is 0. The maximum Gasteiger partial charge on any atom is 0.0110 e. The van der Waals surface area contributed by atoms with Gasteiger partial charge in [0.25, 0.3) is 0 Å². The van der Waals surface area contributed by atoms with Gasteiger partial charge >= 0.3 is 0 Å². The maximum atomic E-state index is 3.72. The molecule has 0 aromatic heterocycles. The standard InChI is InChI=1S/C17H27N/c1-3-11-18-17(13-16-9-10-16)12-15-7-5-14(4-2)6-8-15/h5-8,16-18H,3-4,9-13H2,1-2H3. The van der Waals surface area contributed by atoms with Crippen molar-refractivity contribution in [2.24, 2.45) is 5.92 Å². The lowest BCUT2D eigenvalue weighted by molar-refractivity contribution is 0.455. The van der Waals surface area contributed by atoms with Gasteiger partial charge in [0.2, 0.25) is 0 Å². The van der Waals surface area contributed by atoms with Crippen LogP contribution in [0.4, 0.5) is 0 Å². The van der Waals surface area contributed by atoms with Crippen LogP contribution >= 0.6 is 0 Å². The highest BCUT2D eigenvalue weighted by molar-refractivity contribution is 5.23. The molecule has 1 atom stereocenters. The Morgan fingerprint density at radius 1 is 1.11 bits per heavy atom. The first-order valence-corrected chi connectivity index (χ1v) is 7.63. The van der Waals surface area contributed by atoms with Crippen molar-refractivity contribution in [3.63, 3.8) is 0 Å². The van der Waals surface area contributed by atoms with Gasteiger partial charge in [-0.3, -0.25) is 0 Å². The molecule has 1 aliphatic carbocycles. The minimum atomic E-state index is 0.685. The van der Waals surface area contributed by atoms with Crippen molar-refractivity contribution in [2.75, 3.05) is 6.54 Å². The molecule has 0 saturated heterocycles. The minimum Gasteiger partial charge on any atom is -0.314 e. The minimum absolute atomic E-state index is 0.685. The quantitative estimate of drug-likeness (QED) is 0.731. The predicted octanol–water partition coefficient (Wildman–Crippen LogP) is 3.96. The van der Waals surface area contributed by atoms with Gasteiger partial charge in [0.15, 0.2) is 0 Å². The number of aryl methyl sites for hydroxylation is 1. The average molecular weight is 245 g/mol. The zero-order valence-electron chi connectivity index (χ0n) is 11.9. The summed E-state index contributed by atoms with van der Waals surface area (Å²) in [4.78, 5) is 0. The van der Waals surface area contributed by atoms with E-state index in [-0.39, 0.29) is 0 Å². The number of benzene rings is 1. The van der Waals surface area contributed by atoms with Crippen molar-refractivity contribution in [2.45, 2.75) is 58.4 Å². The molecule has 0 radical (unpaired) electrons. The van der Waals surface area contributed by atoms with Crippen LogP contribution in [0.2, 0.25) is 0 Å². The molecule has 1 nitrogen and oxygen atoms in total. The normalized spacial score (nSPS) is 16.8. The third-order valence-electron chi connectivity index (χ3n) is 3.91. The van der Waals surface area contributed by atoms with Crippen LogP contribution in [0.25, 0.3) is 0 Å². The Morgan fingerprint density at radius 3 is 2.33 bits per heavy atom. The van der Waals surface area contributed by atoms with Crippen molar-refractivity contribution >= 4 is 0 Å². The molecular weight excluding hydrogens is 218 g/mol. The van der Waals surface area contributed by atoms with E-state index >= 15 is 0 Å². The summed E-state index contributed by atoms with van der Waals surface area (Å²) in [5.41, 5.74) is 2.93. The van der Waals surface area contributed by atoms with Gasteiger partial charge < -0.3 is 5.32 Å². The van der Waals surface area contributed by atoms with E-state index in [1.807, 2.05) is 0 Å². The van der Waals surface area contributed by atoms with E-state index in [1.54, 1.807) is 0 Å². The van der Waals surface area contributed by atoms with Gasteiger partial charge in [-0.25, -0.2) is 0 Å². The third-order valence-corrected chi connectivity index (χ3v) is 3.91. The van der Waals surface area contributed by atoms with Gasteiger partial charge in [0, 0.05) is 6.04 Å². The molecular formula is C17H27N. The van der Waals surface area contributed by atoms with Crippen LogP contribution in [-0.4, -0.2) is 12.6 Å². The SMILES string of the molecule is CCCNC(Cc1ccc(CC)cc1)CC1CC1. The first-order valence-electron chi connectivity index (χ1n) is 7.63. The van der Waals surface area contributed by atoms with Crippen LogP contribution in [0.1, 0.15) is 50.7 Å². The molecule has 1 N–H and O–H groups in total. The Balaban J connectivity index is 1.88. The maximum absolute atomic E-state index is 3.72. The Morgan fingerprint density at radius 2 is 1.78 bits per heavy atom. The van der Waals surface area contributed by atoms with E-state index < -0.39 is 0 Å². The summed E-state index contributed by atoms with van der Waals surface area (Å²) in [5, 5.41) is 3.72. The van der Waals surface area contributed by atoms with Crippen LogP contribution < -0.4 is 5.32 Å². The molecule has 0 amide bonds. The first-order chi connectivity index (χ1) is 8.81. The lowest BCUT2D eigenvalue weighted by Gasteiger charge is -2.18. The monoisotopic (exact) mass is 245 g/mol. The number of nitrogens with one attached hydrogen (secondary N) is 1. The summed E-state index contributed by atoms with van der Waals surface area (Å²) >= 11 is 0. The molecule has 0 spiro atoms. The lowest BCUT2D eigenvalue weighted by Crippen LogP contribution is -2.32. The summed E-state index contributed by atoms with van der Waals surface area (Å²) in [6, 6.07) is 9.87. The second-order valence-corrected chi connectivity index (χ2v) is 5.70. The van der Waals surface area contributed by atoms with E-state index in [0.717, 1.165) is 18.9 Å². The van der Waals surface area contributed by atoms with Crippen LogP contribution in [0.5, 0.6) is 0 Å². The summed E-state index contributed by atoms with van der Waals surface area (Å²) in [5.74, 6) is 1.01. The zero-order chi connectivity index (χ0) is 12.8. The van der Waals surface area contributed by atoms with E-state index in [1.165, 1.54) is 43.2 Å². The molecule has 2 rings (SSSR count). The summed E-state index contributed by atoms with van der Waals surface area (Å²) in [6.07, 6.45) is 7.85. The molecule has 1 aromatic carbocycles. The molecule has 0 aliphatic heterocycles. The Kier molecular flexibility index (Phi) is 5.25. The van der Waals surface area contributed by atoms with Crippen molar-refractivity contribution in [3.8, 4) is 0 Å². The van der Waals surface area contributed by atoms with E-state index in [2.05, 4.69) is 43.4 Å². The van der Waals surface area contributed by atoms with E-state index in [0.29, 0.717) is 6.04 Å². The molecule has 1 aromatic rings. The molecule has 0 heterocycles. The fraction of sp³-hybridized carbons (Fsp3) is 0.647. The second kappa shape index (κ2) is 6.94. The van der Waals surface area contributed by atoms with E-state index in [9.17, 15) is 0 Å². The van der Waals surface area contributed by atoms with Crippen LogP contribution in [0, 0.1) is 5.92 Å². The highest BCUT2D eigenvalue weighted by Gasteiger charge is 2.25. The smallest absolute Gasteiger partial charge is 0.0110 e. The molecule has 1 aliphatic rings. The van der Waals surface area contributed by atoms with Crippen molar-refractivity contribution in [1.82, 2.24) is 5.32 Å². The Labute approximate surface area is 112 Å². The number of hydrogen-bond donors (Lipinski definition) is 1. The van der Waals surface area contributed by atoms with Crippen LogP contribution in [0.3, 0.4) is 0 Å². The highest BCUT2D eigenvalue weighted by Crippen LogP contribution is 2.34. The number of rotatable bonds is 8. The Bertz CT molecular complexity index is 337. The first kappa shape index (κ1) is 13.6. The average Bonchev–Trinajstić information content (AvgIpc) is 3.21. The molecule has 100 valence electrons. The molecule has 1 heteroatoms. The van der Waals surface area contributed by atoms with Gasteiger partial charge in [-0.2, -0.15) is 0 Å². The lowest BCUT2D eigenvalue weighted by atomic mass is 9.99. The van der Waals surface area contributed by atoms with Gasteiger partial charge in [-0.05, 0) is 49.3 Å². The van der Waals surface area contributed by atoms with Crippen LogP contribution in [-0.2, 0) is 12.8 Å². The van der Waals surface area contributed by atoms with Gasteiger partial charge in [-0.1, -0.05) is 51.0 Å². The zero-order valence-corrected chi connectivity index (χ0v) is 11.9. The van der Waals surface area contributed by atoms with Crippen molar-refractivity contribution < 1.29 is 0 Å². The highest BCUT2D eigenvalue weighted by atomic mass is 14.9. The summed E-state index contributed by atoms with van der Waals surface area (Å²) < 4.78 is 0. The fourth-order valence-electron chi connectivity index (χ4n) is 2.54. The topological polar surface area (TPSA) is 12.0 Å². The second-order valence-electron chi connectivity index (χ2n) is 5.70. The largest absolute Gasteiger partial charge is 0.314 e. The molecule has 1 saturated carbocycles. The van der Waals surface area contributed by atoms with Gasteiger partial charge in [-0.15, -0.1) is 0 Å². The van der Waals surface area contributed by atoms with E-state index in [4.69, 9.17) is 0 Å². The van der Waals surface area contributed by atoms with Crippen molar-refractivity contribution in [1.29, 1.82) is 0 Å². The summed E-state index contributed by atoms with van der Waals surface area (Å²) in [6.45, 7) is 5.62. The fourth-order valence-corrected chi connectivity index (χ4v) is 2.54. The Hall–Kier alpha value is -0.820. The molecule has 1 unspecified atom stereocenters. The molecule has 0 bridgehead atoms. The van der Waals surface area contributed by atoms with Crippen LogP contribution in [0.15, 0.2) is 24.3 Å². The predicted molar refractivity (Wildman–Crippen MR) is 78.9 cm³/mol. The third kappa shape index (κ3) is 4.45.